The minimum absolute atomic E-state index is 0.0123. The normalized spacial score (nSPS) is 11.8. The van der Waals surface area contributed by atoms with Crippen LogP contribution in [-0.2, 0) is 7.05 Å². The van der Waals surface area contributed by atoms with Gasteiger partial charge in [0, 0.05) is 19.3 Å². The Morgan fingerprint density at radius 1 is 1.32 bits per heavy atom. The third-order valence-corrected chi connectivity index (χ3v) is 2.70. The second-order valence-electron chi connectivity index (χ2n) is 4.47. The van der Waals surface area contributed by atoms with Gasteiger partial charge in [-0.3, -0.25) is 4.68 Å². The zero-order chi connectivity index (χ0) is 15.7. The molecule has 8 nitrogen and oxygen atoms in total. The van der Waals surface area contributed by atoms with Gasteiger partial charge in [0.05, 0.1) is 6.33 Å². The SMILES string of the molecule is Cn1ccc(Nc2nc(NCC(F)(F)F)c3[nH]cnc3n2)n1. The first-order valence-electron chi connectivity index (χ1n) is 6.19. The zero-order valence-corrected chi connectivity index (χ0v) is 11.3. The molecule has 0 bridgehead atoms. The standard InChI is InChI=1S/C11H11F3N8/c1-22-3-2-6(21-22)18-10-19-8(15-4-11(12,13)14)7-9(20-10)17-5-16-7/h2-3,5H,4H2,1H3,(H3,15,16,17,18,19,20,21). The summed E-state index contributed by atoms with van der Waals surface area (Å²) in [6.07, 6.45) is -1.31. The monoisotopic (exact) mass is 312 g/mol. The predicted molar refractivity (Wildman–Crippen MR) is 72.7 cm³/mol. The summed E-state index contributed by atoms with van der Waals surface area (Å²) in [5.41, 5.74) is 0.550. The number of nitrogens with one attached hydrogen (secondary N) is 3. The van der Waals surface area contributed by atoms with E-state index < -0.39 is 12.7 Å². The quantitative estimate of drug-likeness (QED) is 0.680. The molecule has 0 aliphatic heterocycles. The van der Waals surface area contributed by atoms with Gasteiger partial charge in [-0.15, -0.1) is 0 Å². The van der Waals surface area contributed by atoms with E-state index in [1.165, 1.54) is 6.33 Å². The van der Waals surface area contributed by atoms with Gasteiger partial charge in [0.25, 0.3) is 0 Å². The lowest BCUT2D eigenvalue weighted by Gasteiger charge is -2.10. The van der Waals surface area contributed by atoms with Crippen molar-refractivity contribution in [2.45, 2.75) is 6.18 Å². The molecular weight excluding hydrogens is 301 g/mol. The molecule has 0 saturated heterocycles. The Labute approximate surface area is 121 Å². The van der Waals surface area contributed by atoms with Gasteiger partial charge in [-0.1, -0.05) is 0 Å². The largest absolute Gasteiger partial charge is 0.405 e. The van der Waals surface area contributed by atoms with Crippen molar-refractivity contribution in [3.8, 4) is 0 Å². The van der Waals surface area contributed by atoms with E-state index in [-0.39, 0.29) is 17.4 Å². The van der Waals surface area contributed by atoms with Crippen LogP contribution in [0.3, 0.4) is 0 Å². The number of nitrogens with zero attached hydrogens (tertiary/aromatic N) is 5. The fourth-order valence-electron chi connectivity index (χ4n) is 1.80. The summed E-state index contributed by atoms with van der Waals surface area (Å²) in [6, 6.07) is 1.68. The number of aryl methyl sites for hydroxylation is 1. The Balaban J connectivity index is 1.91. The molecule has 0 radical (unpaired) electrons. The first kappa shape index (κ1) is 14.1. The molecule has 22 heavy (non-hydrogen) atoms. The number of H-pyrrole nitrogens is 1. The van der Waals surface area contributed by atoms with E-state index in [9.17, 15) is 13.2 Å². The summed E-state index contributed by atoms with van der Waals surface area (Å²) >= 11 is 0. The highest BCUT2D eigenvalue weighted by atomic mass is 19.4. The van der Waals surface area contributed by atoms with Gasteiger partial charge in [0.15, 0.2) is 17.3 Å². The van der Waals surface area contributed by atoms with Crippen molar-refractivity contribution in [2.24, 2.45) is 7.05 Å². The highest BCUT2D eigenvalue weighted by molar-refractivity contribution is 5.84. The lowest BCUT2D eigenvalue weighted by molar-refractivity contribution is -0.115. The van der Waals surface area contributed by atoms with Crippen LogP contribution in [0.25, 0.3) is 11.2 Å². The predicted octanol–water partition coefficient (Wildman–Crippen LogP) is 1.80. The molecule has 11 heteroatoms. The number of fused-ring (bicyclic) bond motifs is 1. The Morgan fingerprint density at radius 2 is 2.14 bits per heavy atom. The number of aromatic amines is 1. The van der Waals surface area contributed by atoms with E-state index in [0.29, 0.717) is 11.3 Å². The Kier molecular flexibility index (Phi) is 3.31. The maximum absolute atomic E-state index is 12.4. The number of hydrogen-bond donors (Lipinski definition) is 3. The molecule has 0 aliphatic rings. The lowest BCUT2D eigenvalue weighted by Crippen LogP contribution is -2.22. The van der Waals surface area contributed by atoms with Gasteiger partial charge < -0.3 is 15.6 Å². The first-order chi connectivity index (χ1) is 10.4. The number of anilines is 3. The number of halogens is 3. The van der Waals surface area contributed by atoms with Crippen molar-refractivity contribution in [3.05, 3.63) is 18.6 Å². The second-order valence-corrected chi connectivity index (χ2v) is 4.47. The topological polar surface area (TPSA) is 96.3 Å². The van der Waals surface area contributed by atoms with Crippen LogP contribution < -0.4 is 10.6 Å². The lowest BCUT2D eigenvalue weighted by atomic mass is 10.4. The van der Waals surface area contributed by atoms with E-state index in [4.69, 9.17) is 0 Å². The molecule has 116 valence electrons. The Hall–Kier alpha value is -2.85. The van der Waals surface area contributed by atoms with Gasteiger partial charge in [-0.25, -0.2) is 4.98 Å². The van der Waals surface area contributed by atoms with E-state index in [1.807, 2.05) is 0 Å². The van der Waals surface area contributed by atoms with Crippen molar-refractivity contribution in [2.75, 3.05) is 17.2 Å². The van der Waals surface area contributed by atoms with Crippen LogP contribution >= 0.6 is 0 Å². The fourth-order valence-corrected chi connectivity index (χ4v) is 1.80. The average molecular weight is 312 g/mol. The molecule has 0 unspecified atom stereocenters. The van der Waals surface area contributed by atoms with Crippen LogP contribution in [0.1, 0.15) is 0 Å². The van der Waals surface area contributed by atoms with E-state index in [0.717, 1.165) is 0 Å². The van der Waals surface area contributed by atoms with E-state index in [1.54, 1.807) is 24.0 Å². The van der Waals surface area contributed by atoms with Crippen molar-refractivity contribution in [1.29, 1.82) is 0 Å². The summed E-state index contributed by atoms with van der Waals surface area (Å²) in [5, 5.41) is 9.13. The van der Waals surface area contributed by atoms with Crippen molar-refractivity contribution in [1.82, 2.24) is 29.7 Å². The molecule has 0 aromatic carbocycles. The maximum atomic E-state index is 12.4. The van der Waals surface area contributed by atoms with Crippen molar-refractivity contribution >= 4 is 28.7 Å². The van der Waals surface area contributed by atoms with Crippen molar-refractivity contribution in [3.63, 3.8) is 0 Å². The number of alkyl halides is 3. The van der Waals surface area contributed by atoms with Crippen LogP contribution in [0, 0.1) is 0 Å². The molecule has 3 aromatic rings. The van der Waals surface area contributed by atoms with E-state index >= 15 is 0 Å². The maximum Gasteiger partial charge on any atom is 0.405 e. The second kappa shape index (κ2) is 5.16. The number of rotatable bonds is 4. The van der Waals surface area contributed by atoms with Gasteiger partial charge in [0.1, 0.15) is 12.1 Å². The third kappa shape index (κ3) is 3.07. The van der Waals surface area contributed by atoms with Gasteiger partial charge in [0.2, 0.25) is 5.95 Å². The molecule has 0 saturated carbocycles. The van der Waals surface area contributed by atoms with Gasteiger partial charge in [-0.05, 0) is 0 Å². The van der Waals surface area contributed by atoms with Crippen LogP contribution in [0.2, 0.25) is 0 Å². The zero-order valence-electron chi connectivity index (χ0n) is 11.3. The molecule has 0 amide bonds. The Bertz CT molecular complexity index is 790. The molecule has 0 atom stereocenters. The summed E-state index contributed by atoms with van der Waals surface area (Å²) < 4.78 is 38.6. The molecule has 0 spiro atoms. The minimum Gasteiger partial charge on any atom is -0.359 e. The molecule has 0 fully saturated rings. The van der Waals surface area contributed by atoms with Crippen LogP contribution in [0.5, 0.6) is 0 Å². The van der Waals surface area contributed by atoms with Crippen molar-refractivity contribution < 1.29 is 13.2 Å². The molecular formula is C11H11F3N8. The summed E-state index contributed by atoms with van der Waals surface area (Å²) in [6.45, 7) is -1.21. The molecule has 3 heterocycles. The average Bonchev–Trinajstić information content (AvgIpc) is 3.04. The van der Waals surface area contributed by atoms with E-state index in [2.05, 4.69) is 35.7 Å². The highest BCUT2D eigenvalue weighted by Crippen LogP contribution is 2.22. The number of hydrogen-bond acceptors (Lipinski definition) is 6. The number of aromatic nitrogens is 6. The van der Waals surface area contributed by atoms with Crippen LogP contribution in [-0.4, -0.2) is 42.4 Å². The number of imidazole rings is 1. The van der Waals surface area contributed by atoms with Crippen LogP contribution in [0.4, 0.5) is 30.8 Å². The molecule has 0 aliphatic carbocycles. The summed E-state index contributed by atoms with van der Waals surface area (Å²) in [5.74, 6) is 0.584. The summed E-state index contributed by atoms with van der Waals surface area (Å²) in [4.78, 5) is 14.8. The van der Waals surface area contributed by atoms with Gasteiger partial charge >= 0.3 is 6.18 Å². The van der Waals surface area contributed by atoms with Gasteiger partial charge in [-0.2, -0.15) is 28.2 Å². The summed E-state index contributed by atoms with van der Waals surface area (Å²) in [7, 11) is 1.74. The first-order valence-corrected chi connectivity index (χ1v) is 6.19. The molecule has 3 N–H and O–H groups in total. The highest BCUT2D eigenvalue weighted by Gasteiger charge is 2.27. The Morgan fingerprint density at radius 3 is 2.82 bits per heavy atom. The minimum atomic E-state index is -4.36. The fraction of sp³-hybridized carbons (Fsp3) is 0.273. The molecule has 3 aromatic heterocycles. The smallest absolute Gasteiger partial charge is 0.359 e. The third-order valence-electron chi connectivity index (χ3n) is 2.70. The molecule has 3 rings (SSSR count). The van der Waals surface area contributed by atoms with Crippen LogP contribution in [0.15, 0.2) is 18.6 Å².